The van der Waals surface area contributed by atoms with Crippen molar-refractivity contribution in [1.29, 1.82) is 0 Å². The molecule has 2 rings (SSSR count). The van der Waals surface area contributed by atoms with Crippen LogP contribution in [-0.4, -0.2) is 13.0 Å². The zero-order valence-corrected chi connectivity index (χ0v) is 13.9. The van der Waals surface area contributed by atoms with Gasteiger partial charge in [0.25, 0.3) is 10.1 Å². The molecule has 1 aromatic rings. The van der Waals surface area contributed by atoms with Gasteiger partial charge in [0, 0.05) is 0 Å². The van der Waals surface area contributed by atoms with Crippen LogP contribution in [0.3, 0.4) is 0 Å². The van der Waals surface area contributed by atoms with E-state index in [1.807, 2.05) is 12.1 Å². The second-order valence-electron chi connectivity index (χ2n) is 6.91. The Hall–Kier alpha value is -0.870. The molecule has 3 unspecified atom stereocenters. The quantitative estimate of drug-likeness (QED) is 0.849. The maximum absolute atomic E-state index is 11.1. The molecule has 4 heteroatoms. The van der Waals surface area contributed by atoms with Gasteiger partial charge in [0.2, 0.25) is 0 Å². The van der Waals surface area contributed by atoms with E-state index in [-0.39, 0.29) is 4.90 Å². The van der Waals surface area contributed by atoms with Gasteiger partial charge in [-0.1, -0.05) is 39.3 Å². The van der Waals surface area contributed by atoms with Gasteiger partial charge in [-0.2, -0.15) is 8.42 Å². The Kier molecular flexibility index (Phi) is 5.10. The Labute approximate surface area is 128 Å². The molecule has 0 aliphatic heterocycles. The molecule has 1 aromatic carbocycles. The summed E-state index contributed by atoms with van der Waals surface area (Å²) >= 11 is 0. The molecule has 0 amide bonds. The third kappa shape index (κ3) is 4.30. The molecule has 3 nitrogen and oxygen atoms in total. The second-order valence-corrected chi connectivity index (χ2v) is 8.33. The molecule has 0 bridgehead atoms. The minimum Gasteiger partial charge on any atom is -0.282 e. The standard InChI is InChI=1S/C17H26O3S/c1-12(2)17-9-4-13(3)10-15(17)11-14-5-7-16(8-6-14)21(18,19)20/h5-8,12-13,15,17H,4,9-11H2,1-3H3,(H,18,19,20). The summed E-state index contributed by atoms with van der Waals surface area (Å²) in [4.78, 5) is -0.0244. The lowest BCUT2D eigenvalue weighted by Gasteiger charge is -2.37. The monoisotopic (exact) mass is 310 g/mol. The first-order chi connectivity index (χ1) is 9.77. The zero-order valence-electron chi connectivity index (χ0n) is 13.1. The maximum atomic E-state index is 11.1. The third-order valence-electron chi connectivity index (χ3n) is 4.88. The van der Waals surface area contributed by atoms with Crippen molar-refractivity contribution in [2.24, 2.45) is 23.7 Å². The fourth-order valence-electron chi connectivity index (χ4n) is 3.73. The predicted octanol–water partition coefficient (Wildman–Crippen LogP) is 4.18. The van der Waals surface area contributed by atoms with Crippen molar-refractivity contribution < 1.29 is 13.0 Å². The van der Waals surface area contributed by atoms with Gasteiger partial charge in [-0.3, -0.25) is 4.55 Å². The molecular weight excluding hydrogens is 284 g/mol. The molecule has 0 heterocycles. The van der Waals surface area contributed by atoms with Crippen LogP contribution in [0.15, 0.2) is 29.2 Å². The van der Waals surface area contributed by atoms with Crippen LogP contribution in [0.4, 0.5) is 0 Å². The summed E-state index contributed by atoms with van der Waals surface area (Å²) < 4.78 is 31.2. The van der Waals surface area contributed by atoms with Gasteiger partial charge < -0.3 is 0 Å². The van der Waals surface area contributed by atoms with Crippen molar-refractivity contribution in [2.45, 2.75) is 51.3 Å². The van der Waals surface area contributed by atoms with Crippen LogP contribution in [-0.2, 0) is 16.5 Å². The van der Waals surface area contributed by atoms with Crippen LogP contribution < -0.4 is 0 Å². The maximum Gasteiger partial charge on any atom is 0.294 e. The molecule has 0 radical (unpaired) electrons. The molecule has 0 spiro atoms. The molecule has 0 saturated heterocycles. The Balaban J connectivity index is 2.11. The molecule has 1 fully saturated rings. The highest BCUT2D eigenvalue weighted by atomic mass is 32.2. The highest BCUT2D eigenvalue weighted by molar-refractivity contribution is 7.85. The van der Waals surface area contributed by atoms with Crippen LogP contribution in [0.25, 0.3) is 0 Å². The molecule has 0 aromatic heterocycles. The second kappa shape index (κ2) is 6.49. The highest BCUT2D eigenvalue weighted by Crippen LogP contribution is 2.39. The average Bonchev–Trinajstić information content (AvgIpc) is 2.38. The largest absolute Gasteiger partial charge is 0.294 e. The smallest absolute Gasteiger partial charge is 0.282 e. The molecule has 1 aliphatic rings. The molecule has 1 N–H and O–H groups in total. The molecule has 1 saturated carbocycles. The van der Waals surface area contributed by atoms with E-state index in [0.717, 1.165) is 23.8 Å². The Morgan fingerprint density at radius 3 is 2.33 bits per heavy atom. The summed E-state index contributed by atoms with van der Waals surface area (Å²) in [7, 11) is -4.09. The summed E-state index contributed by atoms with van der Waals surface area (Å²) in [5.41, 5.74) is 1.16. The first kappa shape index (κ1) is 16.5. The number of hydrogen-bond donors (Lipinski definition) is 1. The van der Waals surface area contributed by atoms with E-state index in [1.54, 1.807) is 0 Å². The topological polar surface area (TPSA) is 54.4 Å². The average molecular weight is 310 g/mol. The van der Waals surface area contributed by atoms with Gasteiger partial charge in [-0.25, -0.2) is 0 Å². The number of rotatable bonds is 4. The molecular formula is C17H26O3S. The number of hydrogen-bond acceptors (Lipinski definition) is 2. The summed E-state index contributed by atoms with van der Waals surface area (Å²) in [6.45, 7) is 6.93. The lowest BCUT2D eigenvalue weighted by molar-refractivity contribution is 0.144. The van der Waals surface area contributed by atoms with Crippen LogP contribution in [0.5, 0.6) is 0 Å². The first-order valence-electron chi connectivity index (χ1n) is 7.83. The fourth-order valence-corrected chi connectivity index (χ4v) is 4.21. The predicted molar refractivity (Wildman–Crippen MR) is 84.8 cm³/mol. The summed E-state index contributed by atoms with van der Waals surface area (Å²) in [5, 5.41) is 0. The van der Waals surface area contributed by atoms with E-state index in [0.29, 0.717) is 11.8 Å². The van der Waals surface area contributed by atoms with Gasteiger partial charge in [-0.05, 0) is 60.6 Å². The van der Waals surface area contributed by atoms with E-state index in [9.17, 15) is 8.42 Å². The summed E-state index contributed by atoms with van der Waals surface area (Å²) in [6, 6.07) is 6.67. The Morgan fingerprint density at radius 2 is 1.81 bits per heavy atom. The van der Waals surface area contributed by atoms with Crippen molar-refractivity contribution in [1.82, 2.24) is 0 Å². The molecule has 3 atom stereocenters. The van der Waals surface area contributed by atoms with Gasteiger partial charge >= 0.3 is 0 Å². The minimum atomic E-state index is -4.09. The van der Waals surface area contributed by atoms with E-state index in [1.165, 1.54) is 31.4 Å². The minimum absolute atomic E-state index is 0.0244. The van der Waals surface area contributed by atoms with E-state index >= 15 is 0 Å². The molecule has 1 aliphatic carbocycles. The first-order valence-corrected chi connectivity index (χ1v) is 9.27. The summed E-state index contributed by atoms with van der Waals surface area (Å²) in [5.74, 6) is 2.90. The van der Waals surface area contributed by atoms with E-state index in [2.05, 4.69) is 20.8 Å². The van der Waals surface area contributed by atoms with Crippen molar-refractivity contribution in [2.75, 3.05) is 0 Å². The van der Waals surface area contributed by atoms with Gasteiger partial charge in [0.05, 0.1) is 4.90 Å². The summed E-state index contributed by atoms with van der Waals surface area (Å²) in [6.07, 6.45) is 4.87. The van der Waals surface area contributed by atoms with E-state index < -0.39 is 10.1 Å². The third-order valence-corrected chi connectivity index (χ3v) is 5.75. The van der Waals surface area contributed by atoms with Crippen LogP contribution in [0.2, 0.25) is 0 Å². The lowest BCUT2D eigenvalue weighted by Crippen LogP contribution is -2.29. The number of benzene rings is 1. The van der Waals surface area contributed by atoms with Crippen molar-refractivity contribution >= 4 is 10.1 Å². The van der Waals surface area contributed by atoms with Gasteiger partial charge in [0.15, 0.2) is 0 Å². The van der Waals surface area contributed by atoms with Gasteiger partial charge in [0.1, 0.15) is 0 Å². The fraction of sp³-hybridized carbons (Fsp3) is 0.647. The highest BCUT2D eigenvalue weighted by Gasteiger charge is 2.30. The van der Waals surface area contributed by atoms with Crippen molar-refractivity contribution in [3.63, 3.8) is 0 Å². The van der Waals surface area contributed by atoms with Crippen LogP contribution in [0, 0.1) is 23.7 Å². The molecule has 21 heavy (non-hydrogen) atoms. The zero-order chi connectivity index (χ0) is 15.6. The van der Waals surface area contributed by atoms with Gasteiger partial charge in [-0.15, -0.1) is 0 Å². The normalized spacial score (nSPS) is 27.0. The van der Waals surface area contributed by atoms with Crippen molar-refractivity contribution in [3.8, 4) is 0 Å². The van der Waals surface area contributed by atoms with Crippen LogP contribution in [0.1, 0.15) is 45.6 Å². The Bertz CT molecular complexity index is 560. The Morgan fingerprint density at radius 1 is 1.19 bits per heavy atom. The van der Waals surface area contributed by atoms with Crippen molar-refractivity contribution in [3.05, 3.63) is 29.8 Å². The molecule has 118 valence electrons. The lowest BCUT2D eigenvalue weighted by atomic mass is 9.68. The SMILES string of the molecule is CC1CCC(C(C)C)C(Cc2ccc(S(=O)(=O)O)cc2)C1. The van der Waals surface area contributed by atoms with Crippen LogP contribution >= 0.6 is 0 Å². The van der Waals surface area contributed by atoms with E-state index in [4.69, 9.17) is 4.55 Å².